The fraction of sp³-hybridized carbons (Fsp3) is 0.267. The molecule has 5 heteroatoms. The Kier molecular flexibility index (Phi) is 4.47. The molecule has 1 saturated carbocycles. The highest BCUT2D eigenvalue weighted by molar-refractivity contribution is 5.85. The van der Waals surface area contributed by atoms with E-state index < -0.39 is 0 Å². The van der Waals surface area contributed by atoms with E-state index in [1.165, 1.54) is 5.56 Å². The van der Waals surface area contributed by atoms with Gasteiger partial charge in [0.15, 0.2) is 0 Å². The number of ether oxygens (including phenoxy) is 1. The molecular formula is C15H18ClN3O. The van der Waals surface area contributed by atoms with Crippen molar-refractivity contribution in [2.45, 2.75) is 18.4 Å². The molecule has 2 atom stereocenters. The highest BCUT2D eigenvalue weighted by Crippen LogP contribution is 2.38. The summed E-state index contributed by atoms with van der Waals surface area (Å²) >= 11 is 0. The van der Waals surface area contributed by atoms with Crippen LogP contribution in [0.3, 0.4) is 0 Å². The van der Waals surface area contributed by atoms with Crippen LogP contribution in [0.15, 0.2) is 42.6 Å². The third kappa shape index (κ3) is 3.21. The van der Waals surface area contributed by atoms with Gasteiger partial charge in [-0.05, 0) is 30.2 Å². The van der Waals surface area contributed by atoms with Crippen LogP contribution < -0.4 is 15.8 Å². The van der Waals surface area contributed by atoms with Crippen molar-refractivity contribution in [2.75, 3.05) is 12.4 Å². The fourth-order valence-electron chi connectivity index (χ4n) is 2.15. The lowest BCUT2D eigenvalue weighted by molar-refractivity contribution is 0.415. The molecule has 0 radical (unpaired) electrons. The first-order chi connectivity index (χ1) is 9.26. The molecule has 0 saturated heterocycles. The summed E-state index contributed by atoms with van der Waals surface area (Å²) in [5.74, 6) is 2.15. The van der Waals surface area contributed by atoms with Crippen LogP contribution in [0.1, 0.15) is 17.9 Å². The Hall–Kier alpha value is -1.78. The van der Waals surface area contributed by atoms with Crippen LogP contribution in [-0.2, 0) is 0 Å². The van der Waals surface area contributed by atoms with E-state index in [1.807, 2.05) is 36.5 Å². The van der Waals surface area contributed by atoms with Gasteiger partial charge in [-0.25, -0.2) is 4.98 Å². The van der Waals surface area contributed by atoms with Gasteiger partial charge in [0, 0.05) is 29.9 Å². The van der Waals surface area contributed by atoms with Crippen LogP contribution in [-0.4, -0.2) is 18.1 Å². The standard InChI is InChI=1S/C15H17N3O.ClH/c1-19-12-4-2-3-11(7-12)18-15-6-5-10(9-17-15)13-8-14(13)16;/h2-7,9,13-14H,8,16H2,1H3,(H,17,18);1H. The van der Waals surface area contributed by atoms with Crippen LogP contribution in [0.4, 0.5) is 11.5 Å². The fourth-order valence-corrected chi connectivity index (χ4v) is 2.15. The summed E-state index contributed by atoms with van der Waals surface area (Å²) in [7, 11) is 1.66. The molecule has 20 heavy (non-hydrogen) atoms. The number of nitrogens with one attached hydrogen (secondary N) is 1. The first-order valence-corrected chi connectivity index (χ1v) is 6.39. The van der Waals surface area contributed by atoms with Crippen molar-refractivity contribution in [3.63, 3.8) is 0 Å². The van der Waals surface area contributed by atoms with Gasteiger partial charge in [0.2, 0.25) is 0 Å². The van der Waals surface area contributed by atoms with Gasteiger partial charge >= 0.3 is 0 Å². The highest BCUT2D eigenvalue weighted by atomic mass is 35.5. The van der Waals surface area contributed by atoms with Crippen molar-refractivity contribution in [3.05, 3.63) is 48.2 Å². The second-order valence-electron chi connectivity index (χ2n) is 4.84. The van der Waals surface area contributed by atoms with E-state index in [9.17, 15) is 0 Å². The molecule has 1 aliphatic carbocycles. The molecule has 0 amide bonds. The van der Waals surface area contributed by atoms with Gasteiger partial charge in [-0.2, -0.15) is 0 Å². The van der Waals surface area contributed by atoms with E-state index in [0.29, 0.717) is 12.0 Å². The predicted molar refractivity (Wildman–Crippen MR) is 83.1 cm³/mol. The number of nitrogens with zero attached hydrogens (tertiary/aromatic N) is 1. The molecule has 1 aromatic heterocycles. The molecule has 1 aromatic carbocycles. The minimum atomic E-state index is 0. The molecule has 4 nitrogen and oxygen atoms in total. The SMILES string of the molecule is COc1cccc(Nc2ccc(C3CC3N)cn2)c1.Cl. The Balaban J connectivity index is 0.00000147. The van der Waals surface area contributed by atoms with Gasteiger partial charge in [0.1, 0.15) is 11.6 Å². The molecule has 1 heterocycles. The Morgan fingerprint density at radius 3 is 2.70 bits per heavy atom. The summed E-state index contributed by atoms with van der Waals surface area (Å²) in [6, 6.07) is 12.2. The Bertz CT molecular complexity index is 574. The first-order valence-electron chi connectivity index (χ1n) is 6.39. The van der Waals surface area contributed by atoms with E-state index in [-0.39, 0.29) is 12.4 Å². The topological polar surface area (TPSA) is 60.2 Å². The van der Waals surface area contributed by atoms with E-state index in [1.54, 1.807) is 7.11 Å². The van der Waals surface area contributed by atoms with Crippen molar-refractivity contribution >= 4 is 23.9 Å². The number of methoxy groups -OCH3 is 1. The summed E-state index contributed by atoms with van der Waals surface area (Å²) < 4.78 is 5.19. The lowest BCUT2D eigenvalue weighted by Crippen LogP contribution is -2.01. The molecule has 1 aliphatic rings. The number of nitrogens with two attached hydrogens (primary N) is 1. The molecule has 3 N–H and O–H groups in total. The number of hydrogen-bond acceptors (Lipinski definition) is 4. The molecule has 1 fully saturated rings. The Labute approximate surface area is 124 Å². The quantitative estimate of drug-likeness (QED) is 0.909. The van der Waals surface area contributed by atoms with Crippen molar-refractivity contribution in [1.29, 1.82) is 0 Å². The second-order valence-corrected chi connectivity index (χ2v) is 4.84. The summed E-state index contributed by atoms with van der Waals surface area (Å²) in [6.07, 6.45) is 2.98. The molecule has 106 valence electrons. The van der Waals surface area contributed by atoms with Gasteiger partial charge in [-0.3, -0.25) is 0 Å². The molecule has 0 spiro atoms. The minimum Gasteiger partial charge on any atom is -0.497 e. The Morgan fingerprint density at radius 1 is 1.30 bits per heavy atom. The van der Waals surface area contributed by atoms with Gasteiger partial charge in [0.05, 0.1) is 7.11 Å². The predicted octanol–water partition coefficient (Wildman–Crippen LogP) is 3.07. The van der Waals surface area contributed by atoms with E-state index >= 15 is 0 Å². The van der Waals surface area contributed by atoms with Crippen molar-refractivity contribution in [3.8, 4) is 5.75 Å². The monoisotopic (exact) mass is 291 g/mol. The number of rotatable bonds is 4. The van der Waals surface area contributed by atoms with Crippen LogP contribution in [0.2, 0.25) is 0 Å². The van der Waals surface area contributed by atoms with Crippen LogP contribution in [0.5, 0.6) is 5.75 Å². The van der Waals surface area contributed by atoms with Crippen molar-refractivity contribution < 1.29 is 4.74 Å². The zero-order valence-corrected chi connectivity index (χ0v) is 12.1. The van der Waals surface area contributed by atoms with Crippen molar-refractivity contribution in [1.82, 2.24) is 4.98 Å². The summed E-state index contributed by atoms with van der Waals surface area (Å²) in [5, 5.41) is 3.25. The average Bonchev–Trinajstić information content (AvgIpc) is 3.17. The second kappa shape index (κ2) is 6.11. The summed E-state index contributed by atoms with van der Waals surface area (Å²) in [5.41, 5.74) is 8.02. The number of benzene rings is 1. The summed E-state index contributed by atoms with van der Waals surface area (Å²) in [4.78, 5) is 4.42. The normalized spacial score (nSPS) is 19.9. The average molecular weight is 292 g/mol. The maximum Gasteiger partial charge on any atom is 0.130 e. The smallest absolute Gasteiger partial charge is 0.130 e. The van der Waals surface area contributed by atoms with Gasteiger partial charge in [-0.1, -0.05) is 12.1 Å². The number of anilines is 2. The number of pyridine rings is 1. The van der Waals surface area contributed by atoms with Crippen molar-refractivity contribution in [2.24, 2.45) is 5.73 Å². The lowest BCUT2D eigenvalue weighted by atomic mass is 10.2. The molecule has 2 aromatic rings. The third-order valence-corrected chi connectivity index (χ3v) is 3.40. The zero-order valence-electron chi connectivity index (χ0n) is 11.2. The van der Waals surface area contributed by atoms with E-state index in [4.69, 9.17) is 10.5 Å². The van der Waals surface area contributed by atoms with Crippen LogP contribution >= 0.6 is 12.4 Å². The molecular weight excluding hydrogens is 274 g/mol. The number of aromatic nitrogens is 1. The van der Waals surface area contributed by atoms with Gasteiger partial charge < -0.3 is 15.8 Å². The summed E-state index contributed by atoms with van der Waals surface area (Å²) in [6.45, 7) is 0. The highest BCUT2D eigenvalue weighted by Gasteiger charge is 2.34. The number of halogens is 1. The molecule has 2 unspecified atom stereocenters. The molecule has 3 rings (SSSR count). The largest absolute Gasteiger partial charge is 0.497 e. The third-order valence-electron chi connectivity index (χ3n) is 3.40. The van der Waals surface area contributed by atoms with E-state index in [0.717, 1.165) is 23.7 Å². The van der Waals surface area contributed by atoms with Crippen LogP contribution in [0.25, 0.3) is 0 Å². The van der Waals surface area contributed by atoms with E-state index in [2.05, 4.69) is 16.4 Å². The zero-order chi connectivity index (χ0) is 13.2. The maximum atomic E-state index is 5.83. The maximum absolute atomic E-state index is 5.83. The van der Waals surface area contributed by atoms with Crippen LogP contribution in [0, 0.1) is 0 Å². The first kappa shape index (κ1) is 14.6. The minimum absolute atomic E-state index is 0. The lowest BCUT2D eigenvalue weighted by Gasteiger charge is -2.08. The van der Waals surface area contributed by atoms with Gasteiger partial charge in [0.25, 0.3) is 0 Å². The molecule has 0 bridgehead atoms. The van der Waals surface area contributed by atoms with Gasteiger partial charge in [-0.15, -0.1) is 12.4 Å². The molecule has 0 aliphatic heterocycles. The number of hydrogen-bond donors (Lipinski definition) is 2. The Morgan fingerprint density at radius 2 is 2.10 bits per heavy atom.